The zero-order chi connectivity index (χ0) is 13.9. The number of likely N-dealkylation sites (tertiary alicyclic amines) is 1. The Hall–Kier alpha value is -0.610. The summed E-state index contributed by atoms with van der Waals surface area (Å²) < 4.78 is 0. The van der Waals surface area contributed by atoms with Gasteiger partial charge in [0.25, 0.3) is 0 Å². The molecule has 0 aliphatic carbocycles. The van der Waals surface area contributed by atoms with Crippen LogP contribution in [0.1, 0.15) is 39.5 Å². The molecule has 0 bridgehead atoms. The van der Waals surface area contributed by atoms with Crippen LogP contribution in [0, 0.1) is 5.41 Å². The van der Waals surface area contributed by atoms with Crippen molar-refractivity contribution in [3.05, 3.63) is 0 Å². The molecule has 0 aromatic heterocycles. The number of piperidine rings is 2. The maximum atomic E-state index is 12.2. The molecular weight excluding hydrogens is 238 g/mol. The Morgan fingerprint density at radius 1 is 1.37 bits per heavy atom. The number of rotatable bonds is 3. The maximum absolute atomic E-state index is 12.2. The molecule has 0 saturated carbocycles. The van der Waals surface area contributed by atoms with Gasteiger partial charge < -0.3 is 10.2 Å². The highest BCUT2D eigenvalue weighted by atomic mass is 16.2. The minimum atomic E-state index is 0.260. The highest BCUT2D eigenvalue weighted by Crippen LogP contribution is 2.35. The molecule has 2 heterocycles. The van der Waals surface area contributed by atoms with E-state index in [2.05, 4.69) is 24.1 Å². The smallest absolute Gasteiger partial charge is 0.236 e. The molecule has 4 heteroatoms. The summed E-state index contributed by atoms with van der Waals surface area (Å²) in [7, 11) is 1.91. The lowest BCUT2D eigenvalue weighted by Crippen LogP contribution is -2.53. The molecule has 2 saturated heterocycles. The number of carbonyl (C=O) groups excluding carboxylic acids is 1. The van der Waals surface area contributed by atoms with Gasteiger partial charge in [-0.05, 0) is 58.0 Å². The molecule has 1 atom stereocenters. The summed E-state index contributed by atoms with van der Waals surface area (Å²) in [6.45, 7) is 9.21. The van der Waals surface area contributed by atoms with Gasteiger partial charge in [0.1, 0.15) is 0 Å². The second kappa shape index (κ2) is 6.23. The summed E-state index contributed by atoms with van der Waals surface area (Å²) in [6, 6.07) is 0.294. The summed E-state index contributed by atoms with van der Waals surface area (Å²) in [6.07, 6.45) is 5.17. The average Bonchev–Trinajstić information content (AvgIpc) is 2.38. The molecule has 4 nitrogen and oxygen atoms in total. The fourth-order valence-electron chi connectivity index (χ4n) is 3.41. The third kappa shape index (κ3) is 3.69. The molecule has 2 aliphatic heterocycles. The first-order chi connectivity index (χ1) is 9.02. The highest BCUT2D eigenvalue weighted by molar-refractivity contribution is 5.78. The van der Waals surface area contributed by atoms with Crippen LogP contribution in [0.2, 0.25) is 0 Å². The lowest BCUT2D eigenvalue weighted by molar-refractivity contribution is -0.133. The molecule has 19 heavy (non-hydrogen) atoms. The summed E-state index contributed by atoms with van der Waals surface area (Å²) in [5, 5.41) is 3.54. The van der Waals surface area contributed by atoms with Crippen LogP contribution in [0.25, 0.3) is 0 Å². The topological polar surface area (TPSA) is 35.6 Å². The quantitative estimate of drug-likeness (QED) is 0.838. The van der Waals surface area contributed by atoms with E-state index in [4.69, 9.17) is 0 Å². The number of hydrogen-bond donors (Lipinski definition) is 1. The largest absolute Gasteiger partial charge is 0.342 e. The second-order valence-corrected chi connectivity index (χ2v) is 6.69. The maximum Gasteiger partial charge on any atom is 0.236 e. The minimum absolute atomic E-state index is 0.260. The number of amides is 1. The summed E-state index contributed by atoms with van der Waals surface area (Å²) >= 11 is 0. The number of nitrogens with zero attached hydrogens (tertiary/aromatic N) is 2. The SMILES string of the molecule is CC(C)N(C)C(=O)CN1CCCC2(CCCNC2)C1. The normalized spacial score (nSPS) is 28.8. The number of carbonyl (C=O) groups is 1. The van der Waals surface area contributed by atoms with Gasteiger partial charge in [-0.25, -0.2) is 0 Å². The lowest BCUT2D eigenvalue weighted by Gasteiger charge is -2.45. The van der Waals surface area contributed by atoms with Gasteiger partial charge in [0, 0.05) is 26.2 Å². The molecule has 1 N–H and O–H groups in total. The van der Waals surface area contributed by atoms with Gasteiger partial charge in [-0.3, -0.25) is 9.69 Å². The van der Waals surface area contributed by atoms with E-state index < -0.39 is 0 Å². The van der Waals surface area contributed by atoms with Gasteiger partial charge in [0.05, 0.1) is 6.54 Å². The summed E-state index contributed by atoms with van der Waals surface area (Å²) in [4.78, 5) is 16.4. The Balaban J connectivity index is 1.89. The molecule has 0 aromatic rings. The fraction of sp³-hybridized carbons (Fsp3) is 0.933. The van der Waals surface area contributed by atoms with Gasteiger partial charge in [0.2, 0.25) is 5.91 Å². The van der Waals surface area contributed by atoms with Crippen LogP contribution >= 0.6 is 0 Å². The van der Waals surface area contributed by atoms with Gasteiger partial charge in [0.15, 0.2) is 0 Å². The van der Waals surface area contributed by atoms with E-state index in [1.54, 1.807) is 0 Å². The molecule has 1 amide bonds. The Morgan fingerprint density at radius 3 is 2.74 bits per heavy atom. The first-order valence-corrected chi connectivity index (χ1v) is 7.71. The van der Waals surface area contributed by atoms with Crippen molar-refractivity contribution >= 4 is 5.91 Å². The molecule has 1 spiro atoms. The zero-order valence-corrected chi connectivity index (χ0v) is 12.7. The van der Waals surface area contributed by atoms with Crippen LogP contribution in [0.15, 0.2) is 0 Å². The van der Waals surface area contributed by atoms with Gasteiger partial charge in [-0.15, -0.1) is 0 Å². The second-order valence-electron chi connectivity index (χ2n) is 6.69. The van der Waals surface area contributed by atoms with Crippen molar-refractivity contribution in [1.82, 2.24) is 15.1 Å². The van der Waals surface area contributed by atoms with Crippen LogP contribution in [0.4, 0.5) is 0 Å². The van der Waals surface area contributed by atoms with Crippen LogP contribution < -0.4 is 5.32 Å². The van der Waals surface area contributed by atoms with E-state index in [0.29, 0.717) is 18.0 Å². The van der Waals surface area contributed by atoms with Crippen molar-refractivity contribution in [2.24, 2.45) is 5.41 Å². The lowest BCUT2D eigenvalue weighted by atomic mass is 9.74. The standard InChI is InChI=1S/C15H29N3O/c1-13(2)17(3)14(19)10-18-9-5-7-15(12-18)6-4-8-16-11-15/h13,16H,4-12H2,1-3H3. The third-order valence-corrected chi connectivity index (χ3v) is 4.83. The molecule has 1 unspecified atom stereocenters. The zero-order valence-electron chi connectivity index (χ0n) is 12.7. The summed E-state index contributed by atoms with van der Waals surface area (Å²) in [5.74, 6) is 0.260. The predicted molar refractivity (Wildman–Crippen MR) is 78.1 cm³/mol. The van der Waals surface area contributed by atoms with Crippen molar-refractivity contribution in [2.45, 2.75) is 45.6 Å². The molecule has 110 valence electrons. The first-order valence-electron chi connectivity index (χ1n) is 7.71. The molecule has 0 radical (unpaired) electrons. The third-order valence-electron chi connectivity index (χ3n) is 4.83. The van der Waals surface area contributed by atoms with E-state index >= 15 is 0 Å². The van der Waals surface area contributed by atoms with E-state index in [1.165, 1.54) is 25.7 Å². The number of hydrogen-bond acceptors (Lipinski definition) is 3. The number of likely N-dealkylation sites (N-methyl/N-ethyl adjacent to an activating group) is 1. The average molecular weight is 267 g/mol. The first kappa shape index (κ1) is 14.8. The van der Waals surface area contributed by atoms with Crippen molar-refractivity contribution in [2.75, 3.05) is 39.8 Å². The fourth-order valence-corrected chi connectivity index (χ4v) is 3.41. The van der Waals surface area contributed by atoms with Crippen LogP contribution in [0.3, 0.4) is 0 Å². The van der Waals surface area contributed by atoms with Crippen LogP contribution in [-0.2, 0) is 4.79 Å². The van der Waals surface area contributed by atoms with Gasteiger partial charge >= 0.3 is 0 Å². The molecular formula is C15H29N3O. The van der Waals surface area contributed by atoms with E-state index in [1.807, 2.05) is 11.9 Å². The Bertz CT molecular complexity index is 305. The van der Waals surface area contributed by atoms with Crippen molar-refractivity contribution < 1.29 is 4.79 Å². The number of nitrogens with one attached hydrogen (secondary N) is 1. The predicted octanol–water partition coefficient (Wildman–Crippen LogP) is 1.32. The monoisotopic (exact) mass is 267 g/mol. The minimum Gasteiger partial charge on any atom is -0.342 e. The Labute approximate surface area is 117 Å². The van der Waals surface area contributed by atoms with E-state index in [9.17, 15) is 4.79 Å². The Morgan fingerprint density at radius 2 is 2.11 bits per heavy atom. The summed E-state index contributed by atoms with van der Waals surface area (Å²) in [5.41, 5.74) is 0.438. The van der Waals surface area contributed by atoms with Crippen molar-refractivity contribution in [3.63, 3.8) is 0 Å². The van der Waals surface area contributed by atoms with Gasteiger partial charge in [-0.1, -0.05) is 0 Å². The van der Waals surface area contributed by atoms with Gasteiger partial charge in [-0.2, -0.15) is 0 Å². The van der Waals surface area contributed by atoms with Crippen LogP contribution in [-0.4, -0.2) is 61.5 Å². The van der Waals surface area contributed by atoms with Crippen molar-refractivity contribution in [3.8, 4) is 0 Å². The van der Waals surface area contributed by atoms with E-state index in [0.717, 1.165) is 26.2 Å². The van der Waals surface area contributed by atoms with Crippen molar-refractivity contribution in [1.29, 1.82) is 0 Å². The van der Waals surface area contributed by atoms with E-state index in [-0.39, 0.29) is 5.91 Å². The molecule has 2 rings (SSSR count). The Kier molecular flexibility index (Phi) is 4.85. The molecule has 2 aliphatic rings. The molecule has 2 fully saturated rings. The highest BCUT2D eigenvalue weighted by Gasteiger charge is 2.37. The molecule has 0 aromatic carbocycles. The van der Waals surface area contributed by atoms with Crippen LogP contribution in [0.5, 0.6) is 0 Å².